The molecule has 3 aliphatic rings. The molecular weight excluding hydrogens is 342 g/mol. The highest BCUT2D eigenvalue weighted by Gasteiger charge is 2.62. The lowest BCUT2D eigenvalue weighted by Crippen LogP contribution is -2.33. The van der Waals surface area contributed by atoms with E-state index in [9.17, 15) is 14.4 Å². The highest BCUT2D eigenvalue weighted by molar-refractivity contribution is 6.24. The van der Waals surface area contributed by atoms with Gasteiger partial charge in [-0.15, -0.1) is 0 Å². The van der Waals surface area contributed by atoms with E-state index < -0.39 is 0 Å². The quantitative estimate of drug-likeness (QED) is 0.465. The molecular formula is C22H23NO4. The zero-order valence-electron chi connectivity index (χ0n) is 16.0. The minimum atomic E-state index is -0.354. The smallest absolute Gasteiger partial charge is 0.238 e. The Morgan fingerprint density at radius 2 is 1.63 bits per heavy atom. The molecule has 2 bridgehead atoms. The molecule has 2 amide bonds. The van der Waals surface area contributed by atoms with Crippen molar-refractivity contribution in [2.24, 2.45) is 23.7 Å². The van der Waals surface area contributed by atoms with Crippen molar-refractivity contribution in [1.82, 2.24) is 0 Å². The summed E-state index contributed by atoms with van der Waals surface area (Å²) in [5, 5.41) is 0. The van der Waals surface area contributed by atoms with Crippen molar-refractivity contribution in [1.29, 1.82) is 0 Å². The van der Waals surface area contributed by atoms with Crippen molar-refractivity contribution < 1.29 is 19.1 Å². The Hall–Kier alpha value is -2.69. The van der Waals surface area contributed by atoms with Gasteiger partial charge in [-0.05, 0) is 45.9 Å². The molecule has 0 spiro atoms. The first-order chi connectivity index (χ1) is 12.9. The third kappa shape index (κ3) is 2.41. The lowest BCUT2D eigenvalue weighted by molar-refractivity contribution is -0.123. The van der Waals surface area contributed by atoms with E-state index in [1.807, 2.05) is 20.8 Å². The van der Waals surface area contributed by atoms with E-state index in [1.54, 1.807) is 18.2 Å². The number of amides is 2. The standard InChI is InChI=1S/C22H23NO4/c1-5-27-17-9-6-13(12(4)24)10-16(17)23-21(25)19-14-7-8-15(18(14)11(2)3)20(19)22(23)26/h6-10,14-15,19-20H,5H2,1-4H3/t14-,15+,19+,20-. The van der Waals surface area contributed by atoms with Gasteiger partial charge in [0.1, 0.15) is 5.75 Å². The van der Waals surface area contributed by atoms with Crippen LogP contribution in [0.3, 0.4) is 0 Å². The lowest BCUT2D eigenvalue weighted by atomic mass is 9.85. The van der Waals surface area contributed by atoms with Gasteiger partial charge in [0, 0.05) is 17.4 Å². The van der Waals surface area contributed by atoms with Gasteiger partial charge >= 0.3 is 0 Å². The van der Waals surface area contributed by atoms with Gasteiger partial charge in [-0.3, -0.25) is 14.4 Å². The lowest BCUT2D eigenvalue weighted by Gasteiger charge is -2.22. The number of carbonyl (C=O) groups is 3. The van der Waals surface area contributed by atoms with Crippen LogP contribution in [0, 0.1) is 23.7 Å². The summed E-state index contributed by atoms with van der Waals surface area (Å²) in [6, 6.07) is 4.93. The zero-order valence-corrected chi connectivity index (χ0v) is 16.0. The van der Waals surface area contributed by atoms with E-state index in [0.717, 1.165) is 0 Å². The van der Waals surface area contributed by atoms with E-state index >= 15 is 0 Å². The normalized spacial score (nSPS) is 28.1. The molecule has 1 aromatic carbocycles. The molecule has 0 radical (unpaired) electrons. The molecule has 1 saturated carbocycles. The number of hydrogen-bond acceptors (Lipinski definition) is 4. The SMILES string of the molecule is CCOc1ccc(C(C)=O)cc1N1C(=O)[C@@H]2[C@H](C1=O)[C@H]1C=C[C@@H]2C1=C(C)C. The van der Waals surface area contributed by atoms with Crippen molar-refractivity contribution in [2.45, 2.75) is 27.7 Å². The van der Waals surface area contributed by atoms with Gasteiger partial charge in [0.2, 0.25) is 11.8 Å². The third-order valence-corrected chi connectivity index (χ3v) is 5.90. The molecule has 1 aromatic rings. The van der Waals surface area contributed by atoms with Gasteiger partial charge in [-0.2, -0.15) is 0 Å². The molecule has 2 aliphatic carbocycles. The minimum absolute atomic E-state index is 0.00187. The Morgan fingerprint density at radius 3 is 2.11 bits per heavy atom. The van der Waals surface area contributed by atoms with Crippen LogP contribution in [-0.2, 0) is 9.59 Å². The third-order valence-electron chi connectivity index (χ3n) is 5.90. The number of rotatable bonds is 4. The monoisotopic (exact) mass is 365 g/mol. The maximum absolute atomic E-state index is 13.3. The second-order valence-electron chi connectivity index (χ2n) is 7.63. The van der Waals surface area contributed by atoms with Crippen LogP contribution in [0.5, 0.6) is 5.75 Å². The number of ether oxygens (including phenoxy) is 1. The summed E-state index contributed by atoms with van der Waals surface area (Å²) in [5.41, 5.74) is 3.24. The van der Waals surface area contributed by atoms with Gasteiger partial charge in [0.15, 0.2) is 5.78 Å². The zero-order chi connectivity index (χ0) is 19.5. The summed E-state index contributed by atoms with van der Waals surface area (Å²) in [6.07, 6.45) is 4.14. The Bertz CT molecular complexity index is 888. The fourth-order valence-electron chi connectivity index (χ4n) is 4.86. The topological polar surface area (TPSA) is 63.7 Å². The van der Waals surface area contributed by atoms with Crippen molar-refractivity contribution in [2.75, 3.05) is 11.5 Å². The van der Waals surface area contributed by atoms with Crippen molar-refractivity contribution in [3.05, 3.63) is 47.1 Å². The summed E-state index contributed by atoms with van der Waals surface area (Å²) in [4.78, 5) is 39.7. The molecule has 1 aliphatic heterocycles. The Labute approximate surface area is 158 Å². The van der Waals surface area contributed by atoms with Gasteiger partial charge in [0.05, 0.1) is 24.1 Å². The number of allylic oxidation sites excluding steroid dienone is 4. The number of ketones is 1. The van der Waals surface area contributed by atoms with Crippen molar-refractivity contribution >= 4 is 23.3 Å². The predicted octanol–water partition coefficient (Wildman–Crippen LogP) is 3.55. The van der Waals surface area contributed by atoms with Crippen molar-refractivity contribution in [3.63, 3.8) is 0 Å². The van der Waals surface area contributed by atoms with E-state index in [2.05, 4.69) is 12.2 Å². The predicted molar refractivity (Wildman–Crippen MR) is 102 cm³/mol. The maximum Gasteiger partial charge on any atom is 0.238 e. The number of carbonyl (C=O) groups excluding carboxylic acids is 3. The van der Waals surface area contributed by atoms with E-state index in [1.165, 1.54) is 23.0 Å². The largest absolute Gasteiger partial charge is 0.492 e. The number of hydrogen-bond donors (Lipinski definition) is 0. The average molecular weight is 365 g/mol. The molecule has 5 heteroatoms. The van der Waals surface area contributed by atoms with Crippen molar-refractivity contribution in [3.8, 4) is 5.75 Å². The first kappa shape index (κ1) is 17.7. The van der Waals surface area contributed by atoms with Gasteiger partial charge in [-0.1, -0.05) is 23.3 Å². The Morgan fingerprint density at radius 1 is 1.04 bits per heavy atom. The molecule has 0 N–H and O–H groups in total. The molecule has 4 rings (SSSR count). The van der Waals surface area contributed by atoms with Crippen LogP contribution in [0.4, 0.5) is 5.69 Å². The van der Waals surface area contributed by atoms with Gasteiger partial charge in [0.25, 0.3) is 0 Å². The summed E-state index contributed by atoms with van der Waals surface area (Å²) < 4.78 is 5.65. The first-order valence-corrected chi connectivity index (χ1v) is 9.38. The van der Waals surface area contributed by atoms with Crippen LogP contribution in [-0.4, -0.2) is 24.2 Å². The highest BCUT2D eigenvalue weighted by Crippen LogP contribution is 2.57. The van der Waals surface area contributed by atoms with Crippen LogP contribution in [0.2, 0.25) is 0 Å². The summed E-state index contributed by atoms with van der Waals surface area (Å²) in [5.74, 6) is -0.764. The number of imide groups is 1. The van der Waals surface area contributed by atoms with E-state index in [4.69, 9.17) is 4.74 Å². The van der Waals surface area contributed by atoms with Crippen LogP contribution in [0.15, 0.2) is 41.5 Å². The molecule has 4 atom stereocenters. The number of Topliss-reactive ketones (excluding diaryl/α,β-unsaturated/α-hetero) is 1. The molecule has 1 saturated heterocycles. The molecule has 1 heterocycles. The second kappa shape index (κ2) is 6.19. The van der Waals surface area contributed by atoms with Gasteiger partial charge in [-0.25, -0.2) is 4.90 Å². The first-order valence-electron chi connectivity index (χ1n) is 9.38. The summed E-state index contributed by atoms with van der Waals surface area (Å²) >= 11 is 0. The molecule has 2 fully saturated rings. The molecule has 0 unspecified atom stereocenters. The van der Waals surface area contributed by atoms with E-state index in [-0.39, 0.29) is 41.3 Å². The maximum atomic E-state index is 13.3. The fourth-order valence-corrected chi connectivity index (χ4v) is 4.86. The van der Waals surface area contributed by atoms with Gasteiger partial charge < -0.3 is 4.74 Å². The second-order valence-corrected chi connectivity index (χ2v) is 7.63. The molecule has 27 heavy (non-hydrogen) atoms. The molecule has 0 aromatic heterocycles. The average Bonchev–Trinajstić information content (AvgIpc) is 3.26. The van der Waals surface area contributed by atoms with Crippen LogP contribution < -0.4 is 9.64 Å². The number of benzene rings is 1. The fraction of sp³-hybridized carbons (Fsp3) is 0.409. The van der Waals surface area contributed by atoms with Crippen LogP contribution in [0.25, 0.3) is 0 Å². The number of nitrogens with zero attached hydrogens (tertiary/aromatic N) is 1. The Balaban J connectivity index is 1.79. The highest BCUT2D eigenvalue weighted by atomic mass is 16.5. The van der Waals surface area contributed by atoms with Crippen LogP contribution >= 0.6 is 0 Å². The molecule has 5 nitrogen and oxygen atoms in total. The minimum Gasteiger partial charge on any atom is -0.492 e. The number of fused-ring (bicyclic) bond motifs is 5. The summed E-state index contributed by atoms with van der Waals surface area (Å²) in [7, 11) is 0. The molecule has 140 valence electrons. The number of anilines is 1. The van der Waals surface area contributed by atoms with Crippen LogP contribution in [0.1, 0.15) is 38.1 Å². The van der Waals surface area contributed by atoms with E-state index in [0.29, 0.717) is 23.6 Å². The summed E-state index contributed by atoms with van der Waals surface area (Å²) in [6.45, 7) is 7.80. The Kier molecular flexibility index (Phi) is 4.06.